The summed E-state index contributed by atoms with van der Waals surface area (Å²) < 4.78 is 38.4. The van der Waals surface area contributed by atoms with E-state index in [1.54, 1.807) is 0 Å². The first-order valence-corrected chi connectivity index (χ1v) is 6.49. The second-order valence-electron chi connectivity index (χ2n) is 5.32. The Kier molecular flexibility index (Phi) is 4.03. The molecule has 1 aromatic heterocycles. The third-order valence-electron chi connectivity index (χ3n) is 3.62. The van der Waals surface area contributed by atoms with Gasteiger partial charge in [-0.15, -0.1) is 0 Å². The Balaban J connectivity index is 2.28. The number of nitrogens with zero attached hydrogens (tertiary/aromatic N) is 3. The van der Waals surface area contributed by atoms with Gasteiger partial charge in [0, 0.05) is 19.2 Å². The second-order valence-corrected chi connectivity index (χ2v) is 5.32. The predicted octanol–water partition coefficient (Wildman–Crippen LogP) is 2.26. The van der Waals surface area contributed by atoms with Gasteiger partial charge in [0.15, 0.2) is 5.69 Å². The van der Waals surface area contributed by atoms with Crippen LogP contribution in [-0.2, 0) is 6.18 Å². The number of nitrogens with two attached hydrogens (primary N) is 1. The summed E-state index contributed by atoms with van der Waals surface area (Å²) in [4.78, 5) is 9.22. The van der Waals surface area contributed by atoms with Crippen molar-refractivity contribution in [3.05, 3.63) is 11.8 Å². The zero-order valence-electron chi connectivity index (χ0n) is 11.4. The van der Waals surface area contributed by atoms with Crippen LogP contribution >= 0.6 is 0 Å². The number of aromatic nitrogens is 2. The second kappa shape index (κ2) is 5.43. The van der Waals surface area contributed by atoms with Gasteiger partial charge in [0.25, 0.3) is 0 Å². The van der Waals surface area contributed by atoms with Gasteiger partial charge in [-0.1, -0.05) is 13.8 Å². The van der Waals surface area contributed by atoms with Crippen LogP contribution in [0.1, 0.15) is 26.0 Å². The number of rotatable bonds is 3. The number of anilines is 2. The molecule has 1 fully saturated rings. The molecular weight excluding hydrogens is 271 g/mol. The van der Waals surface area contributed by atoms with Crippen LogP contribution in [0.15, 0.2) is 6.07 Å². The number of alkyl halides is 3. The van der Waals surface area contributed by atoms with Gasteiger partial charge >= 0.3 is 6.18 Å². The van der Waals surface area contributed by atoms with Gasteiger partial charge < -0.3 is 4.90 Å². The van der Waals surface area contributed by atoms with Crippen molar-refractivity contribution in [1.82, 2.24) is 9.97 Å². The molecule has 112 valence electrons. The van der Waals surface area contributed by atoms with Gasteiger partial charge in [-0.2, -0.15) is 18.2 Å². The molecule has 8 heteroatoms. The van der Waals surface area contributed by atoms with Crippen molar-refractivity contribution >= 4 is 11.8 Å². The van der Waals surface area contributed by atoms with Crippen LogP contribution in [-0.4, -0.2) is 23.1 Å². The maximum Gasteiger partial charge on any atom is 0.433 e. The number of nitrogen functional groups attached to an aromatic ring is 1. The van der Waals surface area contributed by atoms with Crippen LogP contribution in [0.4, 0.5) is 24.9 Å². The molecule has 1 aliphatic heterocycles. The standard InChI is InChI=1S/C12H18F3N5/c1-7(2)8-3-4-20(6-8)10-5-9(12(13,14)15)17-11(18-10)19-16/h5,7-8H,3-4,6,16H2,1-2H3,(H,17,18,19). The highest BCUT2D eigenvalue weighted by molar-refractivity contribution is 5.46. The number of hydrogen-bond donors (Lipinski definition) is 2. The van der Waals surface area contributed by atoms with Crippen molar-refractivity contribution < 1.29 is 13.2 Å². The highest BCUT2D eigenvalue weighted by atomic mass is 19.4. The summed E-state index contributed by atoms with van der Waals surface area (Å²) in [5, 5.41) is 0. The summed E-state index contributed by atoms with van der Waals surface area (Å²) in [5.41, 5.74) is 1.11. The molecule has 0 spiro atoms. The largest absolute Gasteiger partial charge is 0.433 e. The Hall–Kier alpha value is -1.57. The molecule has 0 bridgehead atoms. The smallest absolute Gasteiger partial charge is 0.356 e. The van der Waals surface area contributed by atoms with Gasteiger partial charge in [-0.05, 0) is 18.3 Å². The fourth-order valence-electron chi connectivity index (χ4n) is 2.35. The molecule has 2 heterocycles. The molecule has 1 atom stereocenters. The molecule has 0 saturated carbocycles. The lowest BCUT2D eigenvalue weighted by atomic mass is 9.95. The minimum atomic E-state index is -4.51. The van der Waals surface area contributed by atoms with Crippen molar-refractivity contribution in [3.63, 3.8) is 0 Å². The molecule has 1 aliphatic rings. The quantitative estimate of drug-likeness (QED) is 0.660. The van der Waals surface area contributed by atoms with E-state index < -0.39 is 11.9 Å². The van der Waals surface area contributed by atoms with Crippen LogP contribution in [0.25, 0.3) is 0 Å². The third kappa shape index (κ3) is 3.12. The minimum absolute atomic E-state index is 0.220. The highest BCUT2D eigenvalue weighted by Crippen LogP contribution is 2.33. The summed E-state index contributed by atoms with van der Waals surface area (Å²) in [5.74, 6) is 6.15. The van der Waals surface area contributed by atoms with Gasteiger partial charge in [-0.25, -0.2) is 10.8 Å². The summed E-state index contributed by atoms with van der Waals surface area (Å²) in [6.07, 6.45) is -3.56. The molecule has 20 heavy (non-hydrogen) atoms. The first-order valence-electron chi connectivity index (χ1n) is 6.49. The van der Waals surface area contributed by atoms with Crippen LogP contribution in [0.5, 0.6) is 0 Å². The third-order valence-corrected chi connectivity index (χ3v) is 3.62. The molecular formula is C12H18F3N5. The number of hydrazine groups is 1. The summed E-state index contributed by atoms with van der Waals surface area (Å²) in [6, 6.07) is 0.976. The highest BCUT2D eigenvalue weighted by Gasteiger charge is 2.35. The number of nitrogens with one attached hydrogen (secondary N) is 1. The fraction of sp³-hybridized carbons (Fsp3) is 0.667. The van der Waals surface area contributed by atoms with E-state index in [0.717, 1.165) is 12.5 Å². The van der Waals surface area contributed by atoms with Crippen LogP contribution in [0, 0.1) is 11.8 Å². The van der Waals surface area contributed by atoms with Crippen molar-refractivity contribution in [2.75, 3.05) is 23.4 Å². The average Bonchev–Trinajstić information content (AvgIpc) is 2.87. The Morgan fingerprint density at radius 3 is 2.60 bits per heavy atom. The molecule has 2 rings (SSSR count). The predicted molar refractivity (Wildman–Crippen MR) is 70.0 cm³/mol. The Labute approximate surface area is 115 Å². The van der Waals surface area contributed by atoms with Crippen LogP contribution in [0.2, 0.25) is 0 Å². The molecule has 0 aromatic carbocycles. The molecule has 0 aliphatic carbocycles. The lowest BCUT2D eigenvalue weighted by Crippen LogP contribution is -2.24. The molecule has 3 N–H and O–H groups in total. The lowest BCUT2D eigenvalue weighted by Gasteiger charge is -2.20. The van der Waals surface area contributed by atoms with Gasteiger partial charge in [0.05, 0.1) is 0 Å². The summed E-state index contributed by atoms with van der Waals surface area (Å²) in [6.45, 7) is 5.63. The van der Waals surface area contributed by atoms with Crippen molar-refractivity contribution in [1.29, 1.82) is 0 Å². The monoisotopic (exact) mass is 289 g/mol. The first kappa shape index (κ1) is 14.8. The van der Waals surface area contributed by atoms with Crippen LogP contribution in [0.3, 0.4) is 0 Å². The van der Waals surface area contributed by atoms with Crippen molar-refractivity contribution in [2.45, 2.75) is 26.4 Å². The van der Waals surface area contributed by atoms with Gasteiger partial charge in [-0.3, -0.25) is 5.43 Å². The van der Waals surface area contributed by atoms with Gasteiger partial charge in [0.2, 0.25) is 5.95 Å². The Bertz CT molecular complexity index is 475. The molecule has 1 saturated heterocycles. The van der Waals surface area contributed by atoms with E-state index in [0.29, 0.717) is 24.9 Å². The zero-order chi connectivity index (χ0) is 14.9. The van der Waals surface area contributed by atoms with Crippen LogP contribution < -0.4 is 16.2 Å². The number of halogens is 3. The van der Waals surface area contributed by atoms with Gasteiger partial charge in [0.1, 0.15) is 5.82 Å². The summed E-state index contributed by atoms with van der Waals surface area (Å²) in [7, 11) is 0. The van der Waals surface area contributed by atoms with E-state index in [9.17, 15) is 13.2 Å². The first-order chi connectivity index (χ1) is 9.31. The Morgan fingerprint density at radius 2 is 2.10 bits per heavy atom. The molecule has 5 nitrogen and oxygen atoms in total. The maximum atomic E-state index is 12.8. The van der Waals surface area contributed by atoms with E-state index in [4.69, 9.17) is 5.84 Å². The Morgan fingerprint density at radius 1 is 1.40 bits per heavy atom. The fourth-order valence-corrected chi connectivity index (χ4v) is 2.35. The molecule has 0 amide bonds. The molecule has 1 aromatic rings. The lowest BCUT2D eigenvalue weighted by molar-refractivity contribution is -0.141. The average molecular weight is 289 g/mol. The normalized spacial score (nSPS) is 19.8. The molecule has 1 unspecified atom stereocenters. The van der Waals surface area contributed by atoms with E-state index in [1.807, 2.05) is 4.90 Å². The zero-order valence-corrected chi connectivity index (χ0v) is 11.4. The van der Waals surface area contributed by atoms with Crippen molar-refractivity contribution in [2.24, 2.45) is 17.7 Å². The topological polar surface area (TPSA) is 67.1 Å². The maximum absolute atomic E-state index is 12.8. The van der Waals surface area contributed by atoms with Crippen molar-refractivity contribution in [3.8, 4) is 0 Å². The number of hydrogen-bond acceptors (Lipinski definition) is 5. The van der Waals surface area contributed by atoms with E-state index in [2.05, 4.69) is 29.2 Å². The SMILES string of the molecule is CC(C)C1CCN(c2cc(C(F)(F)F)nc(NN)n2)C1. The summed E-state index contributed by atoms with van der Waals surface area (Å²) >= 11 is 0. The van der Waals surface area contributed by atoms with E-state index in [-0.39, 0.29) is 11.8 Å². The van der Waals surface area contributed by atoms with E-state index in [1.165, 1.54) is 0 Å². The minimum Gasteiger partial charge on any atom is -0.356 e. The van der Waals surface area contributed by atoms with E-state index >= 15 is 0 Å². The molecule has 0 radical (unpaired) electrons.